The number of carbonyl (C=O) groups is 3. The van der Waals surface area contributed by atoms with Crippen LogP contribution in [0.1, 0.15) is 53.4 Å². The molecule has 2 amide bonds. The Bertz CT molecular complexity index is 1290. The van der Waals surface area contributed by atoms with Crippen LogP contribution in [-0.2, 0) is 16.0 Å². The third-order valence-corrected chi connectivity index (χ3v) is 6.73. The molecule has 0 aliphatic heterocycles. The molecule has 0 radical (unpaired) electrons. The molecule has 3 aromatic rings. The molecule has 0 aliphatic carbocycles. The second-order valence-corrected chi connectivity index (χ2v) is 9.95. The molecule has 3 rings (SSSR count). The van der Waals surface area contributed by atoms with E-state index in [0.29, 0.717) is 15.6 Å². The Morgan fingerprint density at radius 2 is 1.59 bits per heavy atom. The lowest BCUT2D eigenvalue weighted by molar-refractivity contribution is -0.123. The van der Waals surface area contributed by atoms with E-state index >= 15 is 0 Å². The van der Waals surface area contributed by atoms with Crippen molar-refractivity contribution in [3.05, 3.63) is 80.8 Å². The third kappa shape index (κ3) is 7.05. The predicted octanol–water partition coefficient (Wildman–Crippen LogP) is 4.85. The Morgan fingerprint density at radius 1 is 0.919 bits per heavy atom. The van der Waals surface area contributed by atoms with E-state index < -0.39 is 29.7 Å². The average Bonchev–Trinajstić information content (AvgIpc) is 3.10. The molecule has 1 aromatic heterocycles. The number of Topliss-reactive ketones (excluding diaryl/α,β-unsaturated/α-hetero) is 1. The Morgan fingerprint density at radius 3 is 2.16 bits per heavy atom. The summed E-state index contributed by atoms with van der Waals surface area (Å²) in [7, 11) is 0. The molecule has 0 spiro atoms. The zero-order valence-corrected chi connectivity index (χ0v) is 22.2. The highest BCUT2D eigenvalue weighted by Gasteiger charge is 2.31. The van der Waals surface area contributed by atoms with Gasteiger partial charge in [0.2, 0.25) is 17.7 Å². The molecule has 37 heavy (non-hydrogen) atoms. The fourth-order valence-corrected chi connectivity index (χ4v) is 4.31. The van der Waals surface area contributed by atoms with Gasteiger partial charge in [-0.2, -0.15) is 0 Å². The van der Waals surface area contributed by atoms with E-state index in [-0.39, 0.29) is 41.7 Å². The van der Waals surface area contributed by atoms with Gasteiger partial charge in [-0.3, -0.25) is 19.4 Å². The molecular formula is C27H29Cl2N3O5. The molecule has 8 nitrogen and oxygen atoms in total. The number of aromatic amines is 1. The van der Waals surface area contributed by atoms with Gasteiger partial charge in [-0.15, -0.1) is 0 Å². The van der Waals surface area contributed by atoms with Gasteiger partial charge in [-0.25, -0.2) is 0 Å². The fraction of sp³-hybridized carbons (Fsp3) is 0.296. The molecule has 10 heteroatoms. The van der Waals surface area contributed by atoms with E-state index in [9.17, 15) is 24.6 Å². The Labute approximate surface area is 225 Å². The van der Waals surface area contributed by atoms with Crippen LogP contribution >= 0.6 is 23.2 Å². The Balaban J connectivity index is 1.76. The lowest BCUT2D eigenvalue weighted by Crippen LogP contribution is -2.45. The van der Waals surface area contributed by atoms with Gasteiger partial charge in [0, 0.05) is 5.56 Å². The van der Waals surface area contributed by atoms with E-state index in [1.165, 1.54) is 6.92 Å². The van der Waals surface area contributed by atoms with Gasteiger partial charge in [0.1, 0.15) is 0 Å². The van der Waals surface area contributed by atoms with Crippen molar-refractivity contribution in [2.24, 2.45) is 5.92 Å². The van der Waals surface area contributed by atoms with Crippen LogP contribution in [-0.4, -0.2) is 38.8 Å². The summed E-state index contributed by atoms with van der Waals surface area (Å²) in [5.74, 6) is -2.41. The molecule has 2 aromatic carbocycles. The van der Waals surface area contributed by atoms with Crippen LogP contribution in [0.5, 0.6) is 11.8 Å². The highest BCUT2D eigenvalue weighted by atomic mass is 35.5. The summed E-state index contributed by atoms with van der Waals surface area (Å²) in [6, 6.07) is 12.3. The molecule has 0 unspecified atom stereocenters. The SMILES string of the molecule is Cc1c(O)[nH]c(O)c1C(=O)[C@@H](NC(=O)C[C@H](NC(=O)Cc1ccc(Cl)c(Cl)c1)c1ccccc1)C(C)C. The number of carbonyl (C=O) groups excluding carboxylic acids is 3. The minimum absolute atomic E-state index is 0.0322. The smallest absolute Gasteiger partial charge is 0.224 e. The first-order valence-corrected chi connectivity index (χ1v) is 12.5. The van der Waals surface area contributed by atoms with Crippen molar-refractivity contribution >= 4 is 40.8 Å². The fourth-order valence-electron chi connectivity index (χ4n) is 3.99. The molecule has 0 bridgehead atoms. The Hall–Kier alpha value is -3.49. The van der Waals surface area contributed by atoms with E-state index in [4.69, 9.17) is 23.2 Å². The molecule has 0 saturated heterocycles. The molecule has 2 atom stereocenters. The summed E-state index contributed by atoms with van der Waals surface area (Å²) in [4.78, 5) is 41.4. The van der Waals surface area contributed by atoms with Crippen LogP contribution in [0.2, 0.25) is 10.0 Å². The van der Waals surface area contributed by atoms with Crippen molar-refractivity contribution in [3.63, 3.8) is 0 Å². The van der Waals surface area contributed by atoms with E-state index in [2.05, 4.69) is 15.6 Å². The zero-order chi connectivity index (χ0) is 27.3. The van der Waals surface area contributed by atoms with Crippen molar-refractivity contribution < 1.29 is 24.6 Å². The normalized spacial score (nSPS) is 12.7. The number of hydrogen-bond acceptors (Lipinski definition) is 5. The number of amides is 2. The highest BCUT2D eigenvalue weighted by Crippen LogP contribution is 2.30. The van der Waals surface area contributed by atoms with Gasteiger partial charge in [-0.05, 0) is 36.1 Å². The summed E-state index contributed by atoms with van der Waals surface area (Å²) in [6.45, 7) is 5.01. The van der Waals surface area contributed by atoms with E-state index in [0.717, 1.165) is 5.56 Å². The number of H-pyrrole nitrogens is 1. The predicted molar refractivity (Wildman–Crippen MR) is 142 cm³/mol. The number of aromatic hydroxyl groups is 2. The molecule has 0 saturated carbocycles. The van der Waals surface area contributed by atoms with E-state index in [1.807, 2.05) is 6.07 Å². The molecule has 1 heterocycles. The second kappa shape index (κ2) is 12.2. The van der Waals surface area contributed by atoms with Crippen LogP contribution in [0.25, 0.3) is 0 Å². The van der Waals surface area contributed by atoms with Crippen LogP contribution < -0.4 is 10.6 Å². The van der Waals surface area contributed by atoms with Crippen LogP contribution in [0.4, 0.5) is 0 Å². The van der Waals surface area contributed by atoms with E-state index in [1.54, 1.807) is 56.3 Å². The van der Waals surface area contributed by atoms with Crippen molar-refractivity contribution in [3.8, 4) is 11.8 Å². The summed E-state index contributed by atoms with van der Waals surface area (Å²) < 4.78 is 0. The maximum atomic E-state index is 13.2. The lowest BCUT2D eigenvalue weighted by Gasteiger charge is -2.24. The summed E-state index contributed by atoms with van der Waals surface area (Å²) in [6.07, 6.45) is -0.0958. The van der Waals surface area contributed by atoms with Crippen molar-refractivity contribution in [1.29, 1.82) is 0 Å². The summed E-state index contributed by atoms with van der Waals surface area (Å²) in [5.41, 5.74) is 1.50. The van der Waals surface area contributed by atoms with Gasteiger partial charge in [0.15, 0.2) is 11.7 Å². The number of rotatable bonds is 10. The number of nitrogens with one attached hydrogen (secondary N) is 3. The monoisotopic (exact) mass is 545 g/mol. The lowest BCUT2D eigenvalue weighted by atomic mass is 9.93. The number of hydrogen-bond donors (Lipinski definition) is 5. The van der Waals surface area contributed by atoms with Crippen LogP contribution in [0.3, 0.4) is 0 Å². The molecule has 0 aliphatic rings. The third-order valence-electron chi connectivity index (χ3n) is 5.99. The van der Waals surface area contributed by atoms with Crippen LogP contribution in [0.15, 0.2) is 48.5 Å². The van der Waals surface area contributed by atoms with Gasteiger partial charge in [0.25, 0.3) is 0 Å². The van der Waals surface area contributed by atoms with Gasteiger partial charge in [0.05, 0.1) is 40.5 Å². The van der Waals surface area contributed by atoms with Crippen molar-refractivity contribution in [2.75, 3.05) is 0 Å². The van der Waals surface area contributed by atoms with Gasteiger partial charge < -0.3 is 20.8 Å². The number of aromatic nitrogens is 1. The minimum atomic E-state index is -0.962. The first kappa shape index (κ1) is 28.1. The standard InChI is InChI=1S/C27H29Cl2N3O5/c1-14(2)24(25(35)23-15(3)26(36)32-27(23)37)31-22(34)13-20(17-7-5-4-6-8-17)30-21(33)12-16-9-10-18(28)19(29)11-16/h4-11,14,20,24,32,36-37H,12-13H2,1-3H3,(H,30,33)(H,31,34)/t20-,24-/m0/s1. The topological polar surface area (TPSA) is 132 Å². The maximum Gasteiger partial charge on any atom is 0.224 e. The van der Waals surface area contributed by atoms with Crippen LogP contribution in [0, 0.1) is 12.8 Å². The molecule has 196 valence electrons. The maximum absolute atomic E-state index is 13.2. The molecule has 0 fully saturated rings. The van der Waals surface area contributed by atoms with Crippen molar-refractivity contribution in [1.82, 2.24) is 15.6 Å². The number of halogens is 2. The average molecular weight is 546 g/mol. The van der Waals surface area contributed by atoms with Gasteiger partial charge in [-0.1, -0.05) is 73.4 Å². The minimum Gasteiger partial charge on any atom is -0.494 e. The number of benzene rings is 2. The summed E-state index contributed by atoms with van der Waals surface area (Å²) >= 11 is 12.0. The zero-order valence-electron chi connectivity index (χ0n) is 20.6. The first-order valence-electron chi connectivity index (χ1n) is 11.7. The largest absolute Gasteiger partial charge is 0.494 e. The highest BCUT2D eigenvalue weighted by molar-refractivity contribution is 6.42. The first-order chi connectivity index (χ1) is 17.5. The quantitative estimate of drug-likeness (QED) is 0.232. The molecular weight excluding hydrogens is 517 g/mol. The molecule has 5 N–H and O–H groups in total. The second-order valence-electron chi connectivity index (χ2n) is 9.14. The summed E-state index contributed by atoms with van der Waals surface area (Å²) in [5, 5.41) is 26.3. The Kier molecular flexibility index (Phi) is 9.23. The van der Waals surface area contributed by atoms with Gasteiger partial charge >= 0.3 is 0 Å². The van der Waals surface area contributed by atoms with Crippen molar-refractivity contribution in [2.45, 2.75) is 45.7 Å². The number of ketones is 1.